The topological polar surface area (TPSA) is 38.9 Å². The lowest BCUT2D eigenvalue weighted by atomic mass is 9.95. The van der Waals surface area contributed by atoms with Crippen molar-refractivity contribution in [3.8, 4) is 55.8 Å². The molecular formula is C52H32N2O. The molecule has 0 amide bonds. The minimum absolute atomic E-state index is 0.859. The molecule has 0 aliphatic rings. The molecule has 55 heavy (non-hydrogen) atoms. The predicted octanol–water partition coefficient (Wildman–Crippen LogP) is 14.2. The summed E-state index contributed by atoms with van der Waals surface area (Å²) < 4.78 is 6.69. The van der Waals surface area contributed by atoms with E-state index in [0.717, 1.165) is 99.5 Å². The summed E-state index contributed by atoms with van der Waals surface area (Å²) in [5, 5.41) is 6.89. The Morgan fingerprint density at radius 1 is 0.309 bits per heavy atom. The van der Waals surface area contributed by atoms with Gasteiger partial charge in [-0.3, -0.25) is 4.98 Å². The molecular weight excluding hydrogens is 669 g/mol. The van der Waals surface area contributed by atoms with Crippen molar-refractivity contribution in [1.82, 2.24) is 9.97 Å². The van der Waals surface area contributed by atoms with Gasteiger partial charge in [-0.25, -0.2) is 4.98 Å². The van der Waals surface area contributed by atoms with Crippen LogP contribution in [0, 0.1) is 0 Å². The average molecular weight is 701 g/mol. The number of benzene rings is 9. The summed E-state index contributed by atoms with van der Waals surface area (Å²) in [6.07, 6.45) is 1.91. The fourth-order valence-electron chi connectivity index (χ4n) is 8.23. The van der Waals surface area contributed by atoms with Gasteiger partial charge in [0, 0.05) is 38.2 Å². The van der Waals surface area contributed by atoms with E-state index in [1.807, 2.05) is 12.3 Å². The summed E-state index contributed by atoms with van der Waals surface area (Å²) >= 11 is 0. The third-order valence-corrected chi connectivity index (χ3v) is 10.9. The van der Waals surface area contributed by atoms with Crippen LogP contribution in [0.3, 0.4) is 0 Å². The molecule has 0 N–H and O–H groups in total. The minimum Gasteiger partial charge on any atom is -0.455 e. The second-order valence-corrected chi connectivity index (χ2v) is 14.1. The highest BCUT2D eigenvalue weighted by Crippen LogP contribution is 2.41. The van der Waals surface area contributed by atoms with Gasteiger partial charge in [-0.15, -0.1) is 0 Å². The third-order valence-electron chi connectivity index (χ3n) is 10.9. The van der Waals surface area contributed by atoms with Crippen LogP contribution in [0.4, 0.5) is 0 Å². The number of rotatable bonds is 5. The first kappa shape index (κ1) is 31.2. The second kappa shape index (κ2) is 12.6. The molecule has 0 bridgehead atoms. The quantitative estimate of drug-likeness (QED) is 0.168. The zero-order valence-electron chi connectivity index (χ0n) is 29.8. The first-order chi connectivity index (χ1) is 27.3. The van der Waals surface area contributed by atoms with E-state index < -0.39 is 0 Å². The van der Waals surface area contributed by atoms with Gasteiger partial charge in [0.25, 0.3) is 0 Å². The van der Waals surface area contributed by atoms with Crippen LogP contribution in [0.5, 0.6) is 0 Å². The maximum atomic E-state index is 6.69. The number of hydrogen-bond acceptors (Lipinski definition) is 3. The molecule has 9 aromatic carbocycles. The highest BCUT2D eigenvalue weighted by Gasteiger charge is 2.16. The number of nitrogens with zero attached hydrogens (tertiary/aromatic N) is 2. The molecule has 0 spiro atoms. The van der Waals surface area contributed by atoms with E-state index in [1.165, 1.54) is 10.8 Å². The van der Waals surface area contributed by atoms with Gasteiger partial charge in [0.05, 0.1) is 22.9 Å². The zero-order valence-corrected chi connectivity index (χ0v) is 29.8. The van der Waals surface area contributed by atoms with Crippen molar-refractivity contribution in [2.75, 3.05) is 0 Å². The van der Waals surface area contributed by atoms with Crippen LogP contribution in [0.25, 0.3) is 110 Å². The highest BCUT2D eigenvalue weighted by atomic mass is 16.3. The molecule has 0 aliphatic heterocycles. The van der Waals surface area contributed by atoms with E-state index in [9.17, 15) is 0 Å². The van der Waals surface area contributed by atoms with Gasteiger partial charge in [0.2, 0.25) is 0 Å². The Labute approximate surface area is 317 Å². The Bertz CT molecular complexity index is 3220. The van der Waals surface area contributed by atoms with E-state index in [0.29, 0.717) is 0 Å². The van der Waals surface area contributed by atoms with Crippen LogP contribution in [0.1, 0.15) is 0 Å². The molecule has 3 nitrogen and oxygen atoms in total. The van der Waals surface area contributed by atoms with Crippen molar-refractivity contribution in [1.29, 1.82) is 0 Å². The molecule has 0 fully saturated rings. The molecule has 0 atom stereocenters. The van der Waals surface area contributed by atoms with Crippen molar-refractivity contribution < 1.29 is 4.42 Å². The Morgan fingerprint density at radius 2 is 0.745 bits per heavy atom. The van der Waals surface area contributed by atoms with Crippen LogP contribution in [-0.2, 0) is 0 Å². The smallest absolute Gasteiger partial charge is 0.143 e. The van der Waals surface area contributed by atoms with E-state index >= 15 is 0 Å². The SMILES string of the molecule is c1ccc(-c2cccc3c2oc2c(-c4ccc(-c5cccc(-c6cccc(-c7cnc8c9ccccc9c9ccccc9c8n7)c6)c5)cc4)cccc23)cc1. The van der Waals surface area contributed by atoms with E-state index in [2.05, 4.69) is 182 Å². The Kier molecular flexibility index (Phi) is 7.17. The Morgan fingerprint density at radius 3 is 1.38 bits per heavy atom. The lowest BCUT2D eigenvalue weighted by Gasteiger charge is -2.11. The van der Waals surface area contributed by atoms with Gasteiger partial charge in [-0.05, 0) is 56.3 Å². The fraction of sp³-hybridized carbons (Fsp3) is 0. The lowest BCUT2D eigenvalue weighted by Crippen LogP contribution is -1.92. The van der Waals surface area contributed by atoms with Crippen molar-refractivity contribution >= 4 is 54.5 Å². The fourth-order valence-corrected chi connectivity index (χ4v) is 8.23. The van der Waals surface area contributed by atoms with E-state index in [4.69, 9.17) is 14.4 Å². The van der Waals surface area contributed by atoms with Gasteiger partial charge in [0.1, 0.15) is 11.2 Å². The van der Waals surface area contributed by atoms with Crippen LogP contribution in [0.15, 0.2) is 199 Å². The van der Waals surface area contributed by atoms with Gasteiger partial charge in [-0.2, -0.15) is 0 Å². The molecule has 0 saturated heterocycles. The normalized spacial score (nSPS) is 11.6. The van der Waals surface area contributed by atoms with Gasteiger partial charge in [0.15, 0.2) is 0 Å². The predicted molar refractivity (Wildman–Crippen MR) is 229 cm³/mol. The number of fused-ring (bicyclic) bond motifs is 9. The monoisotopic (exact) mass is 700 g/mol. The zero-order chi connectivity index (χ0) is 36.3. The van der Waals surface area contributed by atoms with Crippen molar-refractivity contribution in [2.45, 2.75) is 0 Å². The Hall–Kier alpha value is -7.36. The molecule has 2 aromatic heterocycles. The number of furan rings is 1. The molecule has 0 aliphatic carbocycles. The highest BCUT2D eigenvalue weighted by molar-refractivity contribution is 6.23. The van der Waals surface area contributed by atoms with Crippen LogP contribution in [-0.4, -0.2) is 9.97 Å². The summed E-state index contributed by atoms with van der Waals surface area (Å²) in [6, 6.07) is 66.5. The third kappa shape index (κ3) is 5.20. The van der Waals surface area contributed by atoms with Gasteiger partial charge < -0.3 is 4.42 Å². The largest absolute Gasteiger partial charge is 0.455 e. The van der Waals surface area contributed by atoms with E-state index in [1.54, 1.807) is 0 Å². The van der Waals surface area contributed by atoms with Gasteiger partial charge >= 0.3 is 0 Å². The second-order valence-electron chi connectivity index (χ2n) is 14.1. The number of para-hydroxylation sites is 2. The molecule has 2 heterocycles. The number of hydrogen-bond donors (Lipinski definition) is 0. The first-order valence-corrected chi connectivity index (χ1v) is 18.6. The van der Waals surface area contributed by atoms with Crippen molar-refractivity contribution in [3.05, 3.63) is 194 Å². The first-order valence-electron chi connectivity index (χ1n) is 18.6. The molecule has 0 saturated carbocycles. The van der Waals surface area contributed by atoms with Crippen LogP contribution in [0.2, 0.25) is 0 Å². The maximum Gasteiger partial charge on any atom is 0.143 e. The number of aromatic nitrogens is 2. The summed E-state index contributed by atoms with van der Waals surface area (Å²) in [7, 11) is 0. The van der Waals surface area contributed by atoms with Crippen LogP contribution < -0.4 is 0 Å². The van der Waals surface area contributed by atoms with Gasteiger partial charge in [-0.1, -0.05) is 176 Å². The summed E-state index contributed by atoms with van der Waals surface area (Å²) in [5.74, 6) is 0. The lowest BCUT2D eigenvalue weighted by molar-refractivity contribution is 0.671. The maximum absolute atomic E-state index is 6.69. The summed E-state index contributed by atoms with van der Waals surface area (Å²) in [5.41, 5.74) is 14.6. The average Bonchev–Trinajstić information content (AvgIpc) is 3.66. The standard InChI is InChI=1S/C52H32N2O/c1-2-12-34(13-3-1)40-22-10-24-46-47-25-11-23-41(52(47)55-51(40)46)35-28-26-33(27-29-35)36-14-8-15-37(30-36)38-16-9-17-39(31-38)48-32-53-49-44-20-6-4-18-42(44)43-19-5-7-21-45(43)50(49)54-48/h1-32H. The van der Waals surface area contributed by atoms with E-state index in [-0.39, 0.29) is 0 Å². The molecule has 0 unspecified atom stereocenters. The molecule has 256 valence electrons. The van der Waals surface area contributed by atoms with Crippen LogP contribution >= 0.6 is 0 Å². The van der Waals surface area contributed by atoms with Crippen molar-refractivity contribution in [3.63, 3.8) is 0 Å². The molecule has 0 radical (unpaired) electrons. The summed E-state index contributed by atoms with van der Waals surface area (Å²) in [4.78, 5) is 10.2. The molecule has 11 aromatic rings. The van der Waals surface area contributed by atoms with Crippen molar-refractivity contribution in [2.24, 2.45) is 0 Å². The summed E-state index contributed by atoms with van der Waals surface area (Å²) in [6.45, 7) is 0. The molecule has 11 rings (SSSR count). The Balaban J connectivity index is 0.931. The molecule has 3 heteroatoms. The minimum atomic E-state index is 0.859.